The van der Waals surface area contributed by atoms with Gasteiger partial charge in [-0.3, -0.25) is 0 Å². The van der Waals surface area contributed by atoms with Crippen LogP contribution in [0.15, 0.2) is 10.6 Å². The van der Waals surface area contributed by atoms with Crippen molar-refractivity contribution in [2.24, 2.45) is 0 Å². The number of aryl methyl sites for hydroxylation is 2. The lowest BCUT2D eigenvalue weighted by molar-refractivity contribution is 0.373. The molecule has 2 aromatic heterocycles. The second-order valence-electron chi connectivity index (χ2n) is 3.93. The molecule has 0 atom stereocenters. The summed E-state index contributed by atoms with van der Waals surface area (Å²) in [6.45, 7) is 4.28. The summed E-state index contributed by atoms with van der Waals surface area (Å²) >= 11 is 0. The fraction of sp³-hybridized carbons (Fsp3) is 0.417. The number of nitrogens with one attached hydrogen (secondary N) is 1. The minimum atomic E-state index is 0.427. The number of aromatic nitrogens is 3. The summed E-state index contributed by atoms with van der Waals surface area (Å²) in [5.74, 6) is 2.08. The first-order chi connectivity index (χ1) is 9.13. The first-order valence-corrected chi connectivity index (χ1v) is 5.76. The monoisotopic (exact) mass is 264 g/mol. The van der Waals surface area contributed by atoms with Crippen molar-refractivity contribution in [1.82, 2.24) is 15.1 Å². The molecule has 2 rings (SSSR count). The number of nitrogens with zero attached hydrogens (tertiary/aromatic N) is 3. The molecule has 2 aromatic rings. The molecule has 0 aliphatic carbocycles. The Balaban J connectivity index is 2.15. The molecule has 0 saturated carbocycles. The highest BCUT2D eigenvalue weighted by Crippen LogP contribution is 2.19. The molecule has 0 aliphatic heterocycles. The largest absolute Gasteiger partial charge is 0.481 e. The average Bonchev–Trinajstić information content (AvgIpc) is 2.75. The quantitative estimate of drug-likeness (QED) is 0.880. The lowest BCUT2D eigenvalue weighted by Gasteiger charge is -2.08. The second kappa shape index (κ2) is 5.55. The molecule has 0 spiro atoms. The van der Waals surface area contributed by atoms with Gasteiger partial charge in [0, 0.05) is 12.1 Å². The molecular weight excluding hydrogens is 248 g/mol. The summed E-state index contributed by atoms with van der Waals surface area (Å²) in [7, 11) is 3.08. The molecule has 0 radical (unpaired) electrons. The van der Waals surface area contributed by atoms with E-state index >= 15 is 0 Å². The van der Waals surface area contributed by atoms with E-state index < -0.39 is 0 Å². The van der Waals surface area contributed by atoms with Gasteiger partial charge in [0.2, 0.25) is 17.7 Å². The van der Waals surface area contributed by atoms with Crippen LogP contribution in [-0.4, -0.2) is 29.3 Å². The van der Waals surface area contributed by atoms with E-state index in [0.29, 0.717) is 24.3 Å². The predicted octanol–water partition coefficient (Wildman–Crippen LogP) is 1.71. The maximum atomic E-state index is 5.09. The van der Waals surface area contributed by atoms with Crippen LogP contribution in [0.4, 0.5) is 5.95 Å². The van der Waals surface area contributed by atoms with Crippen molar-refractivity contribution in [2.45, 2.75) is 20.4 Å². The maximum Gasteiger partial charge on any atom is 0.229 e. The summed E-state index contributed by atoms with van der Waals surface area (Å²) in [5, 5.41) is 6.99. The van der Waals surface area contributed by atoms with Crippen LogP contribution >= 0.6 is 0 Å². The summed E-state index contributed by atoms with van der Waals surface area (Å²) in [5.41, 5.74) is 1.84. The first kappa shape index (κ1) is 13.1. The number of rotatable bonds is 5. The van der Waals surface area contributed by atoms with Crippen LogP contribution < -0.4 is 14.8 Å². The Bertz CT molecular complexity index is 526. The van der Waals surface area contributed by atoms with E-state index in [0.717, 1.165) is 17.0 Å². The van der Waals surface area contributed by atoms with Crippen molar-refractivity contribution >= 4 is 5.95 Å². The molecule has 0 aromatic carbocycles. The van der Waals surface area contributed by atoms with Crippen molar-refractivity contribution in [1.29, 1.82) is 0 Å². The zero-order valence-electron chi connectivity index (χ0n) is 11.4. The fourth-order valence-electron chi connectivity index (χ4n) is 1.61. The Morgan fingerprint density at radius 3 is 2.26 bits per heavy atom. The van der Waals surface area contributed by atoms with Crippen LogP contribution in [0.1, 0.15) is 17.0 Å². The number of hydrogen-bond acceptors (Lipinski definition) is 7. The highest BCUT2D eigenvalue weighted by atomic mass is 16.5. The molecule has 0 bridgehead atoms. The number of anilines is 1. The number of ether oxygens (including phenoxy) is 2. The second-order valence-corrected chi connectivity index (χ2v) is 3.93. The molecule has 0 unspecified atom stereocenters. The number of hydrogen-bond donors (Lipinski definition) is 1. The van der Waals surface area contributed by atoms with Crippen LogP contribution in [0.5, 0.6) is 11.8 Å². The summed E-state index contributed by atoms with van der Waals surface area (Å²) < 4.78 is 15.3. The number of methoxy groups -OCH3 is 2. The molecule has 19 heavy (non-hydrogen) atoms. The Hall–Kier alpha value is -2.31. The molecule has 7 heteroatoms. The van der Waals surface area contributed by atoms with Gasteiger partial charge in [-0.2, -0.15) is 9.97 Å². The Labute approximate surface area is 110 Å². The smallest absolute Gasteiger partial charge is 0.229 e. The highest BCUT2D eigenvalue weighted by molar-refractivity contribution is 5.35. The van der Waals surface area contributed by atoms with E-state index in [9.17, 15) is 0 Å². The van der Waals surface area contributed by atoms with Gasteiger partial charge in [0.15, 0.2) is 0 Å². The van der Waals surface area contributed by atoms with Gasteiger partial charge in [-0.1, -0.05) is 5.16 Å². The van der Waals surface area contributed by atoms with Crippen LogP contribution in [0.2, 0.25) is 0 Å². The van der Waals surface area contributed by atoms with Crippen molar-refractivity contribution in [3.05, 3.63) is 23.1 Å². The van der Waals surface area contributed by atoms with Crippen molar-refractivity contribution in [3.8, 4) is 11.8 Å². The molecular formula is C12H16N4O3. The molecule has 0 saturated heterocycles. The van der Waals surface area contributed by atoms with Crippen molar-refractivity contribution in [3.63, 3.8) is 0 Å². The summed E-state index contributed by atoms with van der Waals surface area (Å²) in [6, 6.07) is 1.61. The minimum Gasteiger partial charge on any atom is -0.481 e. The SMILES string of the molecule is COc1cc(OC)nc(NCc2c(C)noc2C)n1. The minimum absolute atomic E-state index is 0.427. The van der Waals surface area contributed by atoms with Crippen LogP contribution in [0.25, 0.3) is 0 Å². The Morgan fingerprint density at radius 2 is 1.79 bits per heavy atom. The summed E-state index contributed by atoms with van der Waals surface area (Å²) in [6.07, 6.45) is 0. The molecule has 2 heterocycles. The molecule has 7 nitrogen and oxygen atoms in total. The van der Waals surface area contributed by atoms with Gasteiger partial charge in [0.1, 0.15) is 5.76 Å². The third kappa shape index (κ3) is 2.93. The zero-order valence-corrected chi connectivity index (χ0v) is 11.4. The van der Waals surface area contributed by atoms with E-state index in [2.05, 4.69) is 20.4 Å². The van der Waals surface area contributed by atoms with Gasteiger partial charge < -0.3 is 19.3 Å². The Morgan fingerprint density at radius 1 is 1.16 bits per heavy atom. The van der Waals surface area contributed by atoms with E-state index in [1.165, 1.54) is 0 Å². The van der Waals surface area contributed by atoms with Crippen LogP contribution in [-0.2, 0) is 6.54 Å². The van der Waals surface area contributed by atoms with Gasteiger partial charge in [-0.25, -0.2) is 0 Å². The normalized spacial score (nSPS) is 10.3. The van der Waals surface area contributed by atoms with E-state index in [1.807, 2.05) is 13.8 Å². The first-order valence-electron chi connectivity index (χ1n) is 5.76. The standard InChI is InChI=1S/C12H16N4O3/c1-7-9(8(2)19-16-7)6-13-12-14-10(17-3)5-11(15-12)18-4/h5H,6H2,1-4H3,(H,13,14,15). The molecule has 102 valence electrons. The summed E-state index contributed by atoms with van der Waals surface area (Å²) in [4.78, 5) is 8.37. The molecule has 0 amide bonds. The van der Waals surface area contributed by atoms with Gasteiger partial charge in [-0.15, -0.1) is 0 Å². The third-order valence-corrected chi connectivity index (χ3v) is 2.70. The van der Waals surface area contributed by atoms with Gasteiger partial charge in [0.05, 0.1) is 26.0 Å². The third-order valence-electron chi connectivity index (χ3n) is 2.70. The lowest BCUT2D eigenvalue weighted by atomic mass is 10.2. The topological polar surface area (TPSA) is 82.3 Å². The zero-order chi connectivity index (χ0) is 13.8. The molecule has 1 N–H and O–H groups in total. The van der Waals surface area contributed by atoms with Gasteiger partial charge in [-0.05, 0) is 13.8 Å². The predicted molar refractivity (Wildman–Crippen MR) is 68.4 cm³/mol. The van der Waals surface area contributed by atoms with Gasteiger partial charge in [0.25, 0.3) is 0 Å². The molecule has 0 fully saturated rings. The molecule has 0 aliphatic rings. The highest BCUT2D eigenvalue weighted by Gasteiger charge is 2.10. The average molecular weight is 264 g/mol. The van der Waals surface area contributed by atoms with Crippen molar-refractivity contribution < 1.29 is 14.0 Å². The van der Waals surface area contributed by atoms with E-state index in [1.54, 1.807) is 20.3 Å². The van der Waals surface area contributed by atoms with E-state index in [4.69, 9.17) is 14.0 Å². The van der Waals surface area contributed by atoms with Gasteiger partial charge >= 0.3 is 0 Å². The maximum absolute atomic E-state index is 5.09. The van der Waals surface area contributed by atoms with Crippen molar-refractivity contribution in [2.75, 3.05) is 19.5 Å². The Kier molecular flexibility index (Phi) is 3.84. The van der Waals surface area contributed by atoms with Crippen LogP contribution in [0, 0.1) is 13.8 Å². The van der Waals surface area contributed by atoms with Crippen LogP contribution in [0.3, 0.4) is 0 Å². The van der Waals surface area contributed by atoms with E-state index in [-0.39, 0.29) is 0 Å². The fourth-order valence-corrected chi connectivity index (χ4v) is 1.61. The lowest BCUT2D eigenvalue weighted by Crippen LogP contribution is -2.06.